The molecular weight excluding hydrogens is 271 g/mol. The zero-order valence-corrected chi connectivity index (χ0v) is 11.3. The average Bonchev–Trinajstić information content (AvgIpc) is 2.71. The molecule has 0 unspecified atom stereocenters. The molecule has 19 heavy (non-hydrogen) atoms. The minimum atomic E-state index is -3.77. The lowest BCUT2D eigenvalue weighted by Gasteiger charge is -2.06. The molecule has 0 bridgehead atoms. The van der Waals surface area contributed by atoms with E-state index in [2.05, 4.69) is 9.88 Å². The van der Waals surface area contributed by atoms with Crippen LogP contribution in [0.1, 0.15) is 17.0 Å². The number of aryl methyl sites for hydroxylation is 2. The van der Waals surface area contributed by atoms with Crippen LogP contribution in [0, 0.1) is 19.7 Å². The Balaban J connectivity index is 2.18. The molecule has 0 fully saturated rings. The normalized spacial score (nSPS) is 11.7. The Morgan fingerprint density at radius 2 is 2.00 bits per heavy atom. The number of hydrogen-bond acceptors (Lipinski definition) is 4. The lowest BCUT2D eigenvalue weighted by Crippen LogP contribution is -2.23. The molecule has 1 aromatic carbocycles. The first-order valence-corrected chi connectivity index (χ1v) is 7.04. The van der Waals surface area contributed by atoms with Crippen molar-refractivity contribution in [2.75, 3.05) is 0 Å². The molecule has 0 aliphatic rings. The summed E-state index contributed by atoms with van der Waals surface area (Å²) in [4.78, 5) is -0.110. The van der Waals surface area contributed by atoms with Gasteiger partial charge in [-0.25, -0.2) is 17.5 Å². The Kier molecular flexibility index (Phi) is 3.68. The molecular formula is C12H13FN2O3S. The third-order valence-electron chi connectivity index (χ3n) is 2.44. The maximum Gasteiger partial charge on any atom is 0.241 e. The molecule has 0 radical (unpaired) electrons. The first-order valence-electron chi connectivity index (χ1n) is 5.56. The molecule has 0 amide bonds. The summed E-state index contributed by atoms with van der Waals surface area (Å²) in [5.41, 5.74) is 1.20. The van der Waals surface area contributed by atoms with Gasteiger partial charge in [0.25, 0.3) is 0 Å². The van der Waals surface area contributed by atoms with Gasteiger partial charge in [-0.05, 0) is 37.6 Å². The van der Waals surface area contributed by atoms with Gasteiger partial charge in [0.2, 0.25) is 10.0 Å². The van der Waals surface area contributed by atoms with E-state index in [0.29, 0.717) is 17.0 Å². The summed E-state index contributed by atoms with van der Waals surface area (Å²) >= 11 is 0. The van der Waals surface area contributed by atoms with Crippen LogP contribution in [0.3, 0.4) is 0 Å². The van der Waals surface area contributed by atoms with E-state index < -0.39 is 15.8 Å². The van der Waals surface area contributed by atoms with Crippen molar-refractivity contribution >= 4 is 10.0 Å². The zero-order chi connectivity index (χ0) is 14.0. The Hall–Kier alpha value is -1.73. The number of nitrogens with zero attached hydrogens (tertiary/aromatic N) is 1. The second-order valence-electron chi connectivity index (χ2n) is 4.22. The smallest absolute Gasteiger partial charge is 0.241 e. The summed E-state index contributed by atoms with van der Waals surface area (Å²) in [6.45, 7) is 3.33. The van der Waals surface area contributed by atoms with Crippen LogP contribution in [0.2, 0.25) is 0 Å². The summed E-state index contributed by atoms with van der Waals surface area (Å²) in [7, 11) is -3.77. The Morgan fingerprint density at radius 3 is 2.58 bits per heavy atom. The standard InChI is InChI=1S/C12H13FN2O3S/c1-8-3-10(13)6-12(4-8)19(16,17)14-7-11-5-9(2)15-18-11/h3-6,14H,7H2,1-2H3. The van der Waals surface area contributed by atoms with Gasteiger partial charge in [-0.2, -0.15) is 0 Å². The molecule has 2 aromatic rings. The molecule has 0 spiro atoms. The molecule has 0 saturated carbocycles. The van der Waals surface area contributed by atoms with Gasteiger partial charge in [-0.3, -0.25) is 0 Å². The van der Waals surface area contributed by atoms with Gasteiger partial charge in [0.1, 0.15) is 5.82 Å². The van der Waals surface area contributed by atoms with Gasteiger partial charge in [0.15, 0.2) is 5.76 Å². The van der Waals surface area contributed by atoms with Crippen LogP contribution in [-0.2, 0) is 16.6 Å². The highest BCUT2D eigenvalue weighted by Crippen LogP contribution is 2.14. The van der Waals surface area contributed by atoms with Crippen LogP contribution in [0.4, 0.5) is 4.39 Å². The van der Waals surface area contributed by atoms with E-state index in [1.54, 1.807) is 19.9 Å². The highest BCUT2D eigenvalue weighted by Gasteiger charge is 2.16. The number of halogens is 1. The summed E-state index contributed by atoms with van der Waals surface area (Å²) in [5.74, 6) is -0.190. The minimum absolute atomic E-state index is 0.0290. The van der Waals surface area contributed by atoms with Gasteiger partial charge in [0.05, 0.1) is 17.1 Å². The molecule has 0 aliphatic heterocycles. The first kappa shape index (κ1) is 13.7. The van der Waals surface area contributed by atoms with Crippen LogP contribution >= 0.6 is 0 Å². The molecule has 102 valence electrons. The molecule has 0 atom stereocenters. The Labute approximate surface area is 110 Å². The molecule has 1 heterocycles. The van der Waals surface area contributed by atoms with Gasteiger partial charge in [0, 0.05) is 6.07 Å². The topological polar surface area (TPSA) is 72.2 Å². The van der Waals surface area contributed by atoms with Gasteiger partial charge in [-0.15, -0.1) is 0 Å². The summed E-state index contributed by atoms with van der Waals surface area (Å²) in [5, 5.41) is 3.65. The molecule has 7 heteroatoms. The van der Waals surface area contributed by atoms with E-state index in [0.717, 1.165) is 6.07 Å². The van der Waals surface area contributed by atoms with Crippen molar-refractivity contribution in [2.24, 2.45) is 0 Å². The maximum atomic E-state index is 13.2. The lowest BCUT2D eigenvalue weighted by atomic mass is 10.2. The van der Waals surface area contributed by atoms with E-state index in [9.17, 15) is 12.8 Å². The predicted octanol–water partition coefficient (Wildman–Crippen LogP) is 1.91. The monoisotopic (exact) mass is 284 g/mol. The van der Waals surface area contributed by atoms with Gasteiger partial charge < -0.3 is 4.52 Å². The van der Waals surface area contributed by atoms with Crippen LogP contribution in [0.15, 0.2) is 33.7 Å². The number of sulfonamides is 1. The van der Waals surface area contributed by atoms with Crippen molar-refractivity contribution in [1.29, 1.82) is 0 Å². The van der Waals surface area contributed by atoms with E-state index in [4.69, 9.17) is 4.52 Å². The number of nitrogens with one attached hydrogen (secondary N) is 1. The van der Waals surface area contributed by atoms with Gasteiger partial charge >= 0.3 is 0 Å². The van der Waals surface area contributed by atoms with Crippen LogP contribution < -0.4 is 4.72 Å². The molecule has 0 aliphatic carbocycles. The SMILES string of the molecule is Cc1cc(F)cc(S(=O)(=O)NCc2cc(C)no2)c1. The van der Waals surface area contributed by atoms with Crippen molar-refractivity contribution in [1.82, 2.24) is 9.88 Å². The second kappa shape index (κ2) is 5.10. The fraction of sp³-hybridized carbons (Fsp3) is 0.250. The Bertz CT molecular complexity index is 675. The molecule has 1 N–H and O–H groups in total. The minimum Gasteiger partial charge on any atom is -0.360 e. The lowest BCUT2D eigenvalue weighted by molar-refractivity contribution is 0.377. The summed E-state index contributed by atoms with van der Waals surface area (Å²) in [6, 6.07) is 5.26. The number of aromatic nitrogens is 1. The number of rotatable bonds is 4. The summed E-state index contributed by atoms with van der Waals surface area (Å²) < 4.78 is 44.4. The van der Waals surface area contributed by atoms with Crippen molar-refractivity contribution in [3.05, 3.63) is 47.1 Å². The average molecular weight is 284 g/mol. The maximum absolute atomic E-state index is 13.2. The Morgan fingerprint density at radius 1 is 1.26 bits per heavy atom. The van der Waals surface area contributed by atoms with E-state index >= 15 is 0 Å². The number of hydrogen-bond donors (Lipinski definition) is 1. The fourth-order valence-electron chi connectivity index (χ4n) is 1.61. The molecule has 0 saturated heterocycles. The largest absolute Gasteiger partial charge is 0.360 e. The third-order valence-corrected chi connectivity index (χ3v) is 3.82. The van der Waals surface area contributed by atoms with E-state index in [-0.39, 0.29) is 11.4 Å². The first-order chi connectivity index (χ1) is 8.87. The van der Waals surface area contributed by atoms with Crippen molar-refractivity contribution in [3.63, 3.8) is 0 Å². The predicted molar refractivity (Wildman–Crippen MR) is 66.4 cm³/mol. The molecule has 1 aromatic heterocycles. The van der Waals surface area contributed by atoms with Gasteiger partial charge in [-0.1, -0.05) is 5.16 Å². The van der Waals surface area contributed by atoms with Crippen molar-refractivity contribution in [3.8, 4) is 0 Å². The van der Waals surface area contributed by atoms with Crippen LogP contribution in [0.5, 0.6) is 0 Å². The zero-order valence-electron chi connectivity index (χ0n) is 10.5. The highest BCUT2D eigenvalue weighted by atomic mass is 32.2. The van der Waals surface area contributed by atoms with E-state index in [1.807, 2.05) is 0 Å². The molecule has 5 nitrogen and oxygen atoms in total. The van der Waals surface area contributed by atoms with E-state index in [1.165, 1.54) is 12.1 Å². The summed E-state index contributed by atoms with van der Waals surface area (Å²) in [6.07, 6.45) is 0. The van der Waals surface area contributed by atoms with Crippen molar-refractivity contribution in [2.45, 2.75) is 25.3 Å². The fourth-order valence-corrected chi connectivity index (χ4v) is 2.71. The van der Waals surface area contributed by atoms with Crippen LogP contribution in [-0.4, -0.2) is 13.6 Å². The number of benzene rings is 1. The quantitative estimate of drug-likeness (QED) is 0.931. The van der Waals surface area contributed by atoms with Crippen molar-refractivity contribution < 1.29 is 17.3 Å². The highest BCUT2D eigenvalue weighted by molar-refractivity contribution is 7.89. The third kappa shape index (κ3) is 3.39. The molecule has 2 rings (SSSR count). The van der Waals surface area contributed by atoms with Crippen LogP contribution in [0.25, 0.3) is 0 Å². The second-order valence-corrected chi connectivity index (χ2v) is 5.99.